The van der Waals surface area contributed by atoms with Crippen LogP contribution in [0.25, 0.3) is 0 Å². The van der Waals surface area contributed by atoms with E-state index in [1.165, 1.54) is 4.90 Å². The van der Waals surface area contributed by atoms with E-state index in [2.05, 4.69) is 39.4 Å². The van der Waals surface area contributed by atoms with Gasteiger partial charge in [0, 0.05) is 16.2 Å². The third-order valence-corrected chi connectivity index (χ3v) is 6.01. The molecular weight excluding hydrogens is 453 g/mol. The Hall–Kier alpha value is -2.40. The van der Waals surface area contributed by atoms with Crippen LogP contribution < -0.4 is 4.90 Å². The first kappa shape index (κ1) is 19.4. The van der Waals surface area contributed by atoms with Crippen molar-refractivity contribution in [2.45, 2.75) is 33.7 Å². The van der Waals surface area contributed by atoms with E-state index in [1.807, 2.05) is 39.0 Å². The van der Waals surface area contributed by atoms with Gasteiger partial charge in [-0.05, 0) is 85.5 Å². The van der Waals surface area contributed by atoms with Gasteiger partial charge in [0.1, 0.15) is 11.5 Å². The van der Waals surface area contributed by atoms with Crippen molar-refractivity contribution in [1.82, 2.24) is 9.88 Å². The zero-order valence-corrected chi connectivity index (χ0v) is 18.1. The summed E-state index contributed by atoms with van der Waals surface area (Å²) in [6.45, 7) is 7.53. The van der Waals surface area contributed by atoms with E-state index < -0.39 is 0 Å². The van der Waals surface area contributed by atoms with Crippen molar-refractivity contribution in [3.05, 3.63) is 50.2 Å². The number of aryl methyl sites for hydroxylation is 2. The Morgan fingerprint density at radius 2 is 1.96 bits per heavy atom. The summed E-state index contributed by atoms with van der Waals surface area (Å²) in [4.78, 5) is 33.0. The van der Waals surface area contributed by atoms with E-state index in [-0.39, 0.29) is 17.9 Å². The van der Waals surface area contributed by atoms with Crippen molar-refractivity contribution in [3.63, 3.8) is 0 Å². The summed E-state index contributed by atoms with van der Waals surface area (Å²) in [5.74, 6) is 5.16. The average molecular weight is 473 g/mol. The lowest BCUT2D eigenvalue weighted by atomic mass is 10.1. The van der Waals surface area contributed by atoms with Crippen molar-refractivity contribution >= 4 is 45.9 Å². The topological polar surface area (TPSA) is 53.5 Å². The molecule has 0 saturated heterocycles. The van der Waals surface area contributed by atoms with Crippen LogP contribution in [0.3, 0.4) is 0 Å². The van der Waals surface area contributed by atoms with E-state index in [0.717, 1.165) is 25.9 Å². The Labute approximate surface area is 172 Å². The Kier molecular flexibility index (Phi) is 5.24. The van der Waals surface area contributed by atoms with E-state index in [0.29, 0.717) is 11.5 Å². The minimum Gasteiger partial charge on any atom is -0.334 e. The second kappa shape index (κ2) is 7.31. The zero-order valence-electron chi connectivity index (χ0n) is 15.9. The normalized spacial score (nSPS) is 15.3. The SMILES string of the molecule is CC#CC(=O)N(c1ccc2c(n1)C(=O)N(C)C2C)c1cc(C)c(I)cc1C. The first-order chi connectivity index (χ1) is 12.8. The van der Waals surface area contributed by atoms with Crippen LogP contribution in [0.15, 0.2) is 24.3 Å². The van der Waals surface area contributed by atoms with Crippen molar-refractivity contribution in [1.29, 1.82) is 0 Å². The van der Waals surface area contributed by atoms with Gasteiger partial charge in [0.25, 0.3) is 5.91 Å². The summed E-state index contributed by atoms with van der Waals surface area (Å²) in [5.41, 5.74) is 3.99. The predicted octanol–water partition coefficient (Wildman–Crippen LogP) is 4.14. The van der Waals surface area contributed by atoms with Gasteiger partial charge in [0.15, 0.2) is 0 Å². The number of pyridine rings is 1. The van der Waals surface area contributed by atoms with Crippen LogP contribution in [0, 0.1) is 29.3 Å². The monoisotopic (exact) mass is 473 g/mol. The number of rotatable bonds is 2. The maximum absolute atomic E-state index is 12.8. The van der Waals surface area contributed by atoms with Crippen LogP contribution in [-0.2, 0) is 4.79 Å². The molecule has 1 unspecified atom stereocenters. The molecule has 0 saturated carbocycles. The standard InChI is InChI=1S/C21H20IN3O2/c1-6-7-19(26)25(17-11-12(2)16(22)10-13(17)3)18-9-8-15-14(4)24(5)21(27)20(15)23-18/h8-11,14H,1-5H3. The number of carbonyl (C=O) groups excluding carboxylic acids is 2. The highest BCUT2D eigenvalue weighted by Crippen LogP contribution is 2.35. The summed E-state index contributed by atoms with van der Waals surface area (Å²) >= 11 is 2.27. The van der Waals surface area contributed by atoms with Crippen LogP contribution in [0.4, 0.5) is 11.5 Å². The molecule has 1 aromatic heterocycles. The fraction of sp³-hybridized carbons (Fsp3) is 0.286. The number of aromatic nitrogens is 1. The van der Waals surface area contributed by atoms with Gasteiger partial charge in [-0.3, -0.25) is 14.5 Å². The van der Waals surface area contributed by atoms with Gasteiger partial charge in [-0.25, -0.2) is 4.98 Å². The lowest BCUT2D eigenvalue weighted by molar-refractivity contribution is -0.112. The highest BCUT2D eigenvalue weighted by Gasteiger charge is 2.34. The molecular formula is C21H20IN3O2. The second-order valence-corrected chi connectivity index (χ2v) is 7.76. The van der Waals surface area contributed by atoms with Crippen LogP contribution in [0.1, 0.15) is 47.1 Å². The fourth-order valence-corrected chi connectivity index (χ4v) is 3.77. The van der Waals surface area contributed by atoms with E-state index in [9.17, 15) is 9.59 Å². The molecule has 0 bridgehead atoms. The van der Waals surface area contributed by atoms with E-state index in [1.54, 1.807) is 24.9 Å². The largest absolute Gasteiger partial charge is 0.334 e. The van der Waals surface area contributed by atoms with Gasteiger partial charge in [0.05, 0.1) is 11.7 Å². The maximum Gasteiger partial charge on any atom is 0.308 e. The average Bonchev–Trinajstić information content (AvgIpc) is 2.84. The Morgan fingerprint density at radius 3 is 2.63 bits per heavy atom. The van der Waals surface area contributed by atoms with Crippen LogP contribution in [0.2, 0.25) is 0 Å². The molecule has 1 aliphatic heterocycles. The smallest absolute Gasteiger partial charge is 0.308 e. The molecule has 0 fully saturated rings. The number of halogens is 1. The minimum absolute atomic E-state index is 0.0316. The first-order valence-corrected chi connectivity index (χ1v) is 9.65. The molecule has 0 radical (unpaired) electrons. The molecule has 2 heterocycles. The van der Waals surface area contributed by atoms with E-state index >= 15 is 0 Å². The number of amides is 2. The van der Waals surface area contributed by atoms with Crippen molar-refractivity contribution < 1.29 is 9.59 Å². The van der Waals surface area contributed by atoms with Crippen molar-refractivity contribution in [2.24, 2.45) is 0 Å². The number of hydrogen-bond acceptors (Lipinski definition) is 3. The number of benzene rings is 1. The number of nitrogens with zero attached hydrogens (tertiary/aromatic N) is 3. The molecule has 138 valence electrons. The second-order valence-electron chi connectivity index (χ2n) is 6.60. The summed E-state index contributed by atoms with van der Waals surface area (Å²) in [6.07, 6.45) is 0. The quantitative estimate of drug-likeness (QED) is 0.487. The predicted molar refractivity (Wildman–Crippen MR) is 114 cm³/mol. The minimum atomic E-state index is -0.375. The first-order valence-electron chi connectivity index (χ1n) is 8.58. The fourth-order valence-electron chi connectivity index (χ4n) is 3.15. The van der Waals surface area contributed by atoms with Crippen LogP contribution in [0.5, 0.6) is 0 Å². The molecule has 0 spiro atoms. The maximum atomic E-state index is 12.8. The number of fused-ring (bicyclic) bond motifs is 1. The Balaban J connectivity index is 2.19. The zero-order chi connectivity index (χ0) is 19.9. The molecule has 3 rings (SSSR count). The Morgan fingerprint density at radius 1 is 1.26 bits per heavy atom. The molecule has 6 heteroatoms. The van der Waals surface area contributed by atoms with Gasteiger partial charge in [-0.15, -0.1) is 0 Å². The third kappa shape index (κ3) is 3.32. The lowest BCUT2D eigenvalue weighted by Gasteiger charge is -2.23. The Bertz CT molecular complexity index is 1020. The third-order valence-electron chi connectivity index (χ3n) is 4.85. The molecule has 2 amide bonds. The van der Waals surface area contributed by atoms with E-state index in [4.69, 9.17) is 0 Å². The van der Waals surface area contributed by atoms with Gasteiger partial charge in [-0.1, -0.05) is 12.0 Å². The van der Waals surface area contributed by atoms with Crippen LogP contribution in [-0.4, -0.2) is 28.7 Å². The summed E-state index contributed by atoms with van der Waals surface area (Å²) in [7, 11) is 1.76. The van der Waals surface area contributed by atoms with Gasteiger partial charge in [0.2, 0.25) is 0 Å². The molecule has 1 atom stereocenters. The van der Waals surface area contributed by atoms with Crippen molar-refractivity contribution in [2.75, 3.05) is 11.9 Å². The van der Waals surface area contributed by atoms with Gasteiger partial charge in [-0.2, -0.15) is 0 Å². The molecule has 2 aromatic rings. The molecule has 1 aliphatic rings. The summed E-state index contributed by atoms with van der Waals surface area (Å²) < 4.78 is 1.12. The lowest BCUT2D eigenvalue weighted by Crippen LogP contribution is -2.27. The van der Waals surface area contributed by atoms with Gasteiger partial charge < -0.3 is 4.90 Å². The number of anilines is 2. The van der Waals surface area contributed by atoms with Crippen LogP contribution >= 0.6 is 22.6 Å². The summed E-state index contributed by atoms with van der Waals surface area (Å²) in [5, 5.41) is 0. The van der Waals surface area contributed by atoms with Crippen molar-refractivity contribution in [3.8, 4) is 11.8 Å². The molecule has 0 aliphatic carbocycles. The number of carbonyl (C=O) groups is 2. The highest BCUT2D eigenvalue weighted by molar-refractivity contribution is 14.1. The van der Waals surface area contributed by atoms with Gasteiger partial charge >= 0.3 is 5.91 Å². The molecule has 5 nitrogen and oxygen atoms in total. The summed E-state index contributed by atoms with van der Waals surface area (Å²) in [6, 6.07) is 7.61. The molecule has 27 heavy (non-hydrogen) atoms. The number of hydrogen-bond donors (Lipinski definition) is 0. The molecule has 0 N–H and O–H groups in total. The highest BCUT2D eigenvalue weighted by atomic mass is 127. The molecule has 1 aromatic carbocycles.